The summed E-state index contributed by atoms with van der Waals surface area (Å²) in [5.74, 6) is -0.357. The van der Waals surface area contributed by atoms with Crippen LogP contribution in [-0.4, -0.2) is 34.1 Å². The van der Waals surface area contributed by atoms with Crippen LogP contribution in [0.5, 0.6) is 0 Å². The number of carbonyl (C=O) groups excluding carboxylic acids is 2. The largest absolute Gasteiger partial charge is 0.459 e. The van der Waals surface area contributed by atoms with Gasteiger partial charge in [-0.05, 0) is 57.1 Å². The third-order valence-corrected chi connectivity index (χ3v) is 6.22. The number of fused-ring (bicyclic) bond motifs is 1. The molecule has 6 nitrogen and oxygen atoms in total. The molecule has 1 fully saturated rings. The van der Waals surface area contributed by atoms with E-state index in [9.17, 15) is 9.59 Å². The van der Waals surface area contributed by atoms with Crippen molar-refractivity contribution in [2.45, 2.75) is 65.1 Å². The first kappa shape index (κ1) is 20.7. The first-order valence-electron chi connectivity index (χ1n) is 10.4. The van der Waals surface area contributed by atoms with E-state index < -0.39 is 0 Å². The lowest BCUT2D eigenvalue weighted by Crippen LogP contribution is -2.38. The molecule has 0 saturated heterocycles. The summed E-state index contributed by atoms with van der Waals surface area (Å²) in [6, 6.07) is 7.96. The molecular weight excluding hydrogens is 398 g/mol. The van der Waals surface area contributed by atoms with Crippen molar-refractivity contribution in [2.75, 3.05) is 0 Å². The lowest BCUT2D eigenvalue weighted by atomic mass is 9.91. The zero-order valence-electron chi connectivity index (χ0n) is 17.8. The number of amides is 1. The lowest BCUT2D eigenvalue weighted by Gasteiger charge is -2.37. The zero-order chi connectivity index (χ0) is 21.4. The highest BCUT2D eigenvalue weighted by Gasteiger charge is 2.42. The number of thioether (sulfide) groups is 1. The molecule has 4 rings (SSSR count). The highest BCUT2D eigenvalue weighted by Crippen LogP contribution is 2.45. The molecule has 1 aromatic carbocycles. The first-order valence-corrected chi connectivity index (χ1v) is 11.2. The van der Waals surface area contributed by atoms with Gasteiger partial charge in [0, 0.05) is 11.7 Å². The summed E-state index contributed by atoms with van der Waals surface area (Å²) in [7, 11) is 0. The van der Waals surface area contributed by atoms with Crippen molar-refractivity contribution in [3.8, 4) is 0 Å². The van der Waals surface area contributed by atoms with Crippen molar-refractivity contribution in [1.29, 1.82) is 0 Å². The maximum atomic E-state index is 13.1. The van der Waals surface area contributed by atoms with Gasteiger partial charge in [0.25, 0.3) is 0 Å². The molecule has 7 heteroatoms. The number of rotatable bonds is 6. The van der Waals surface area contributed by atoms with Gasteiger partial charge in [-0.25, -0.2) is 9.79 Å². The fraction of sp³-hybridized carbons (Fsp3) is 0.435. The minimum absolute atomic E-state index is 0.00622. The Labute approximate surface area is 181 Å². The molecule has 1 aromatic rings. The number of ether oxygens (including phenoxy) is 1. The van der Waals surface area contributed by atoms with E-state index in [-0.39, 0.29) is 30.4 Å². The van der Waals surface area contributed by atoms with Gasteiger partial charge in [0.15, 0.2) is 5.17 Å². The van der Waals surface area contributed by atoms with Crippen molar-refractivity contribution in [3.63, 3.8) is 0 Å². The molecule has 1 unspecified atom stereocenters. The standard InChI is InChI=1S/C23H27N3O3S/c1-13(2)29-22(28)20-15(4)24-23-26(21(20)18-8-6-5-7-14(18)3)17(12-30-23)11-19(27)25-16-9-10-16/h5-8,12-13,16,21H,9-11H2,1-4H3,(H,25,27). The third-order valence-electron chi connectivity index (χ3n) is 5.33. The Hall–Kier alpha value is -2.54. The number of hydrogen-bond acceptors (Lipinski definition) is 6. The quantitative estimate of drug-likeness (QED) is 0.692. The summed E-state index contributed by atoms with van der Waals surface area (Å²) in [4.78, 5) is 32.4. The fourth-order valence-electron chi connectivity index (χ4n) is 3.77. The molecule has 0 spiro atoms. The summed E-state index contributed by atoms with van der Waals surface area (Å²) in [5.41, 5.74) is 4.12. The fourth-order valence-corrected chi connectivity index (χ4v) is 4.73. The topological polar surface area (TPSA) is 71.0 Å². The van der Waals surface area contributed by atoms with E-state index in [1.54, 1.807) is 0 Å². The van der Waals surface area contributed by atoms with E-state index in [0.717, 1.165) is 34.8 Å². The molecule has 1 aliphatic carbocycles. The number of amidine groups is 1. The second-order valence-corrected chi connectivity index (χ2v) is 9.06. The maximum absolute atomic E-state index is 13.1. The van der Waals surface area contributed by atoms with Gasteiger partial charge < -0.3 is 15.0 Å². The van der Waals surface area contributed by atoms with Crippen LogP contribution < -0.4 is 5.32 Å². The highest BCUT2D eigenvalue weighted by molar-refractivity contribution is 8.16. The Kier molecular flexibility index (Phi) is 5.73. The predicted molar refractivity (Wildman–Crippen MR) is 119 cm³/mol. The van der Waals surface area contributed by atoms with Gasteiger partial charge in [-0.1, -0.05) is 36.0 Å². The molecule has 0 aromatic heterocycles. The first-order chi connectivity index (χ1) is 14.3. The SMILES string of the molecule is CC1=C(C(=O)OC(C)C)C(c2ccccc2C)N2C(CC(=O)NC3CC3)=CSC2=N1. The summed E-state index contributed by atoms with van der Waals surface area (Å²) < 4.78 is 5.58. The second kappa shape index (κ2) is 8.30. The number of nitrogens with zero attached hydrogens (tertiary/aromatic N) is 2. The number of aryl methyl sites for hydroxylation is 1. The monoisotopic (exact) mass is 425 g/mol. The molecular formula is C23H27N3O3S. The van der Waals surface area contributed by atoms with Gasteiger partial charge in [0.05, 0.1) is 29.8 Å². The van der Waals surface area contributed by atoms with Gasteiger partial charge in [-0.3, -0.25) is 4.79 Å². The van der Waals surface area contributed by atoms with E-state index in [0.29, 0.717) is 17.3 Å². The molecule has 2 heterocycles. The van der Waals surface area contributed by atoms with Crippen LogP contribution in [0.2, 0.25) is 0 Å². The molecule has 2 aliphatic heterocycles. The molecule has 1 N–H and O–H groups in total. The number of hydrogen-bond donors (Lipinski definition) is 1. The molecule has 158 valence electrons. The van der Waals surface area contributed by atoms with Gasteiger partial charge in [-0.15, -0.1) is 0 Å². The number of esters is 1. The Morgan fingerprint density at radius 1 is 1.27 bits per heavy atom. The molecule has 1 amide bonds. The van der Waals surface area contributed by atoms with E-state index in [4.69, 9.17) is 9.73 Å². The van der Waals surface area contributed by atoms with Crippen molar-refractivity contribution in [3.05, 3.63) is 57.8 Å². The minimum atomic E-state index is -0.375. The number of carbonyl (C=O) groups is 2. The van der Waals surface area contributed by atoms with Crippen LogP contribution in [0.3, 0.4) is 0 Å². The number of allylic oxidation sites excluding steroid dienone is 1. The van der Waals surface area contributed by atoms with Gasteiger partial charge in [-0.2, -0.15) is 0 Å². The predicted octanol–water partition coefficient (Wildman–Crippen LogP) is 4.19. The molecule has 3 aliphatic rings. The van der Waals surface area contributed by atoms with Gasteiger partial charge in [0.1, 0.15) is 0 Å². The van der Waals surface area contributed by atoms with Gasteiger partial charge >= 0.3 is 5.97 Å². The Bertz CT molecular complexity index is 976. The van der Waals surface area contributed by atoms with Crippen LogP contribution >= 0.6 is 11.8 Å². The average molecular weight is 426 g/mol. The molecule has 1 saturated carbocycles. The van der Waals surface area contributed by atoms with Crippen LogP contribution in [0.25, 0.3) is 0 Å². The van der Waals surface area contributed by atoms with Gasteiger partial charge in [0.2, 0.25) is 5.91 Å². The smallest absolute Gasteiger partial charge is 0.338 e. The van der Waals surface area contributed by atoms with Crippen LogP contribution in [0.4, 0.5) is 0 Å². The average Bonchev–Trinajstić information content (AvgIpc) is 3.40. The zero-order valence-corrected chi connectivity index (χ0v) is 18.6. The van der Waals surface area contributed by atoms with Crippen LogP contribution in [0.15, 0.2) is 51.6 Å². The Morgan fingerprint density at radius 3 is 2.67 bits per heavy atom. The lowest BCUT2D eigenvalue weighted by molar-refractivity contribution is -0.143. The minimum Gasteiger partial charge on any atom is -0.459 e. The summed E-state index contributed by atoms with van der Waals surface area (Å²) in [6.07, 6.45) is 2.13. The molecule has 0 radical (unpaired) electrons. The molecule has 0 bridgehead atoms. The number of benzene rings is 1. The summed E-state index contributed by atoms with van der Waals surface area (Å²) in [5, 5.41) is 5.81. The second-order valence-electron chi connectivity index (χ2n) is 8.22. The van der Waals surface area contributed by atoms with E-state index in [1.165, 1.54) is 11.8 Å². The Morgan fingerprint density at radius 2 is 2.00 bits per heavy atom. The summed E-state index contributed by atoms with van der Waals surface area (Å²) >= 11 is 1.49. The molecule has 1 atom stereocenters. The number of aliphatic imine (C=N–C) groups is 1. The molecule has 30 heavy (non-hydrogen) atoms. The Balaban J connectivity index is 1.73. The third kappa shape index (κ3) is 4.17. The normalized spacial score (nSPS) is 20.7. The van der Waals surface area contributed by atoms with Crippen molar-refractivity contribution in [1.82, 2.24) is 10.2 Å². The van der Waals surface area contributed by atoms with Crippen molar-refractivity contribution >= 4 is 28.8 Å². The van der Waals surface area contributed by atoms with E-state index >= 15 is 0 Å². The van der Waals surface area contributed by atoms with E-state index in [1.807, 2.05) is 62.3 Å². The van der Waals surface area contributed by atoms with E-state index in [2.05, 4.69) is 5.32 Å². The highest BCUT2D eigenvalue weighted by atomic mass is 32.2. The van der Waals surface area contributed by atoms with Crippen molar-refractivity contribution < 1.29 is 14.3 Å². The van der Waals surface area contributed by atoms with Crippen molar-refractivity contribution in [2.24, 2.45) is 4.99 Å². The maximum Gasteiger partial charge on any atom is 0.338 e. The number of nitrogens with one attached hydrogen (secondary N) is 1. The van der Waals surface area contributed by atoms with Crippen LogP contribution in [0, 0.1) is 6.92 Å². The summed E-state index contributed by atoms with van der Waals surface area (Å²) in [6.45, 7) is 7.57. The van der Waals surface area contributed by atoms with Crippen LogP contribution in [-0.2, 0) is 14.3 Å². The van der Waals surface area contributed by atoms with Crippen LogP contribution in [0.1, 0.15) is 57.2 Å².